The summed E-state index contributed by atoms with van der Waals surface area (Å²) in [5, 5.41) is 4.41. The van der Waals surface area contributed by atoms with Gasteiger partial charge in [0.15, 0.2) is 0 Å². The minimum atomic E-state index is 0.326. The molecule has 78 valence electrons. The van der Waals surface area contributed by atoms with E-state index in [1.165, 1.54) is 12.8 Å². The first-order chi connectivity index (χ1) is 7.24. The number of nitrogens with one attached hydrogen (secondary N) is 1. The minimum absolute atomic E-state index is 0.326. The van der Waals surface area contributed by atoms with Crippen LogP contribution in [0.3, 0.4) is 0 Å². The second-order valence-electron chi connectivity index (χ2n) is 4.01. The maximum Gasteiger partial charge on any atom is 0.223 e. The van der Waals surface area contributed by atoms with Gasteiger partial charge in [0.1, 0.15) is 11.5 Å². The Morgan fingerprint density at radius 2 is 2.27 bits per heavy atom. The van der Waals surface area contributed by atoms with Crippen molar-refractivity contribution in [3.63, 3.8) is 0 Å². The Balaban J connectivity index is 2.16. The topological polar surface area (TPSA) is 68.8 Å². The van der Waals surface area contributed by atoms with Crippen LogP contribution >= 0.6 is 0 Å². The Kier molecular flexibility index (Phi) is 1.62. The molecule has 0 aliphatic heterocycles. The fraction of sp³-hybridized carbons (Fsp3) is 0.400. The first-order valence-corrected chi connectivity index (χ1v) is 5.09. The van der Waals surface area contributed by atoms with Gasteiger partial charge in [0.05, 0.1) is 5.39 Å². The lowest BCUT2D eigenvalue weighted by Gasteiger charge is -2.06. The van der Waals surface area contributed by atoms with Gasteiger partial charge in [-0.1, -0.05) is 0 Å². The molecule has 2 heterocycles. The molecule has 0 saturated heterocycles. The Hall–Kier alpha value is -1.78. The molecule has 15 heavy (non-hydrogen) atoms. The van der Waals surface area contributed by atoms with Gasteiger partial charge in [-0.25, -0.2) is 0 Å². The van der Waals surface area contributed by atoms with Crippen molar-refractivity contribution in [3.8, 4) is 0 Å². The number of aryl methyl sites for hydroxylation is 1. The van der Waals surface area contributed by atoms with Gasteiger partial charge in [0.25, 0.3) is 0 Å². The molecule has 0 aromatic carbocycles. The quantitative estimate of drug-likeness (QED) is 0.767. The monoisotopic (exact) mass is 203 g/mol. The highest BCUT2D eigenvalue weighted by molar-refractivity contribution is 5.88. The summed E-state index contributed by atoms with van der Waals surface area (Å²) < 4.78 is 1.95. The summed E-state index contributed by atoms with van der Waals surface area (Å²) in [6, 6.07) is 2.59. The molecular formula is C10H13N5. The number of fused-ring (bicyclic) bond motifs is 1. The average molecular weight is 203 g/mol. The lowest BCUT2D eigenvalue weighted by atomic mass is 10.3. The van der Waals surface area contributed by atoms with Crippen molar-refractivity contribution in [3.05, 3.63) is 12.3 Å². The number of nitrogens with two attached hydrogens (primary N) is 1. The van der Waals surface area contributed by atoms with Gasteiger partial charge < -0.3 is 15.6 Å². The van der Waals surface area contributed by atoms with Crippen LogP contribution in [0.4, 0.5) is 11.8 Å². The van der Waals surface area contributed by atoms with E-state index >= 15 is 0 Å². The molecule has 1 fully saturated rings. The zero-order valence-electron chi connectivity index (χ0n) is 8.57. The van der Waals surface area contributed by atoms with E-state index in [0.717, 1.165) is 16.9 Å². The first-order valence-electron chi connectivity index (χ1n) is 5.09. The molecule has 1 aliphatic rings. The number of anilines is 2. The smallest absolute Gasteiger partial charge is 0.223 e. The van der Waals surface area contributed by atoms with E-state index in [2.05, 4.69) is 15.3 Å². The third-order valence-electron chi connectivity index (χ3n) is 2.66. The van der Waals surface area contributed by atoms with Gasteiger partial charge in [-0.2, -0.15) is 9.97 Å². The van der Waals surface area contributed by atoms with E-state index in [-0.39, 0.29) is 0 Å². The average Bonchev–Trinajstić information content (AvgIpc) is 2.92. The molecule has 0 spiro atoms. The second kappa shape index (κ2) is 2.85. The highest BCUT2D eigenvalue weighted by Crippen LogP contribution is 2.28. The molecule has 1 saturated carbocycles. The molecule has 2 aromatic heterocycles. The Morgan fingerprint density at radius 3 is 3.00 bits per heavy atom. The van der Waals surface area contributed by atoms with Gasteiger partial charge >= 0.3 is 0 Å². The summed E-state index contributed by atoms with van der Waals surface area (Å²) in [4.78, 5) is 8.45. The normalized spacial score (nSPS) is 15.8. The van der Waals surface area contributed by atoms with Crippen LogP contribution in [0.5, 0.6) is 0 Å². The lowest BCUT2D eigenvalue weighted by Crippen LogP contribution is -2.06. The highest BCUT2D eigenvalue weighted by Gasteiger charge is 2.22. The maximum atomic E-state index is 5.67. The Bertz CT molecular complexity index is 512. The van der Waals surface area contributed by atoms with Gasteiger partial charge in [-0.3, -0.25) is 0 Å². The summed E-state index contributed by atoms with van der Waals surface area (Å²) in [5.74, 6) is 1.19. The largest absolute Gasteiger partial charge is 0.368 e. The van der Waals surface area contributed by atoms with Gasteiger partial charge in [-0.05, 0) is 18.9 Å². The van der Waals surface area contributed by atoms with E-state index in [1.54, 1.807) is 0 Å². The highest BCUT2D eigenvalue weighted by atomic mass is 15.1. The SMILES string of the molecule is Cn1ccc2c(NC3CC3)nc(N)nc21. The summed E-state index contributed by atoms with van der Waals surface area (Å²) >= 11 is 0. The predicted molar refractivity (Wildman–Crippen MR) is 59.6 cm³/mol. The van der Waals surface area contributed by atoms with E-state index in [9.17, 15) is 0 Å². The molecular weight excluding hydrogens is 190 g/mol. The molecule has 0 amide bonds. The van der Waals surface area contributed by atoms with Crippen LogP contribution in [0.15, 0.2) is 12.3 Å². The van der Waals surface area contributed by atoms with Crippen molar-refractivity contribution in [2.24, 2.45) is 7.05 Å². The third kappa shape index (κ3) is 1.40. The molecule has 5 heteroatoms. The summed E-state index contributed by atoms with van der Waals surface area (Å²) in [6.45, 7) is 0. The van der Waals surface area contributed by atoms with Crippen LogP contribution < -0.4 is 11.1 Å². The first kappa shape index (κ1) is 8.52. The van der Waals surface area contributed by atoms with Crippen LogP contribution in [-0.2, 0) is 7.05 Å². The summed E-state index contributed by atoms with van der Waals surface area (Å²) in [6.07, 6.45) is 4.41. The summed E-state index contributed by atoms with van der Waals surface area (Å²) in [5.41, 5.74) is 6.55. The van der Waals surface area contributed by atoms with Gasteiger partial charge in [-0.15, -0.1) is 0 Å². The van der Waals surface area contributed by atoms with Crippen molar-refractivity contribution in [1.82, 2.24) is 14.5 Å². The molecule has 0 atom stereocenters. The summed E-state index contributed by atoms with van der Waals surface area (Å²) in [7, 11) is 1.95. The number of nitrogen functional groups attached to an aromatic ring is 1. The standard InChI is InChI=1S/C10H13N5/c1-15-5-4-7-8(12-6-2-3-6)13-10(11)14-9(7)15/h4-6H,2-3H2,1H3,(H3,11,12,13,14). The molecule has 3 N–H and O–H groups in total. The van der Waals surface area contributed by atoms with Crippen LogP contribution in [0.1, 0.15) is 12.8 Å². The van der Waals surface area contributed by atoms with E-state index in [4.69, 9.17) is 5.73 Å². The Morgan fingerprint density at radius 1 is 1.47 bits per heavy atom. The molecule has 1 aliphatic carbocycles. The molecule has 0 unspecified atom stereocenters. The van der Waals surface area contributed by atoms with Crippen LogP contribution in [-0.4, -0.2) is 20.6 Å². The molecule has 2 aromatic rings. The number of hydrogen-bond donors (Lipinski definition) is 2. The number of hydrogen-bond acceptors (Lipinski definition) is 4. The van der Waals surface area contributed by atoms with E-state index in [1.807, 2.05) is 23.9 Å². The zero-order chi connectivity index (χ0) is 10.4. The van der Waals surface area contributed by atoms with Crippen molar-refractivity contribution in [2.45, 2.75) is 18.9 Å². The molecule has 3 rings (SSSR count). The lowest BCUT2D eigenvalue weighted by molar-refractivity contribution is 0.945. The van der Waals surface area contributed by atoms with Crippen molar-refractivity contribution in [2.75, 3.05) is 11.1 Å². The van der Waals surface area contributed by atoms with Gasteiger partial charge in [0, 0.05) is 19.3 Å². The van der Waals surface area contributed by atoms with Crippen LogP contribution in [0.25, 0.3) is 11.0 Å². The van der Waals surface area contributed by atoms with Crippen LogP contribution in [0.2, 0.25) is 0 Å². The zero-order valence-corrected chi connectivity index (χ0v) is 8.57. The minimum Gasteiger partial charge on any atom is -0.368 e. The van der Waals surface area contributed by atoms with Crippen molar-refractivity contribution >= 4 is 22.8 Å². The van der Waals surface area contributed by atoms with E-state index < -0.39 is 0 Å². The number of aromatic nitrogens is 3. The Labute approximate surface area is 87.3 Å². The van der Waals surface area contributed by atoms with Crippen LogP contribution in [0, 0.1) is 0 Å². The fourth-order valence-electron chi connectivity index (χ4n) is 1.68. The third-order valence-corrected chi connectivity index (χ3v) is 2.66. The fourth-order valence-corrected chi connectivity index (χ4v) is 1.68. The van der Waals surface area contributed by atoms with Gasteiger partial charge in [0.2, 0.25) is 5.95 Å². The maximum absolute atomic E-state index is 5.67. The molecule has 5 nitrogen and oxygen atoms in total. The molecule has 0 bridgehead atoms. The number of rotatable bonds is 2. The van der Waals surface area contributed by atoms with Crippen molar-refractivity contribution in [1.29, 1.82) is 0 Å². The number of nitrogens with zero attached hydrogens (tertiary/aromatic N) is 3. The van der Waals surface area contributed by atoms with Crippen molar-refractivity contribution < 1.29 is 0 Å². The predicted octanol–water partition coefficient (Wildman–Crippen LogP) is 1.12. The second-order valence-corrected chi connectivity index (χ2v) is 4.01. The van der Waals surface area contributed by atoms with E-state index in [0.29, 0.717) is 12.0 Å². The molecule has 0 radical (unpaired) electrons.